The highest BCUT2D eigenvalue weighted by atomic mass is 16.1. The van der Waals surface area contributed by atoms with Crippen molar-refractivity contribution in [3.63, 3.8) is 0 Å². The number of hydrogen-bond donors (Lipinski definition) is 2. The van der Waals surface area contributed by atoms with E-state index in [0.29, 0.717) is 22.8 Å². The van der Waals surface area contributed by atoms with Crippen molar-refractivity contribution in [2.75, 3.05) is 19.1 Å². The lowest BCUT2D eigenvalue weighted by molar-refractivity contribution is 0.103. The van der Waals surface area contributed by atoms with Crippen LogP contribution in [0.15, 0.2) is 97.1 Å². The molecule has 0 unspecified atom stereocenters. The van der Waals surface area contributed by atoms with E-state index in [1.54, 1.807) is 72.3 Å². The Kier molecular flexibility index (Phi) is 6.73. The van der Waals surface area contributed by atoms with Gasteiger partial charge in [0.1, 0.15) is 24.3 Å². The van der Waals surface area contributed by atoms with Crippen LogP contribution < -0.4 is 15.6 Å². The number of carbonyl (C=O) groups excluding carboxylic acids is 2. The highest BCUT2D eigenvalue weighted by Gasteiger charge is 2.19. The van der Waals surface area contributed by atoms with E-state index in [4.69, 9.17) is 0 Å². The number of aromatic nitrogens is 3. The molecule has 0 spiro atoms. The van der Waals surface area contributed by atoms with Crippen LogP contribution in [0.2, 0.25) is 0 Å². The molecule has 2 N–H and O–H groups in total. The maximum atomic E-state index is 12.8. The Morgan fingerprint density at radius 3 is 1.53 bits per heavy atom. The smallest absolute Gasteiger partial charge is 0.189 e. The first-order chi connectivity index (χ1) is 14.6. The molecule has 0 saturated carbocycles. The molecule has 8 heteroatoms. The standard InChI is InChI=1S/C22H22N6O2/c1-23-21(13-19(29)17-9-5-3-6-10-17)28(27-15-25-26-16-27)22(24-2)14-20(30)18-11-7-4-8-12-18/h3-16,23-24H,1-2H3/b21-13+,22-14+. The van der Waals surface area contributed by atoms with Crippen LogP contribution in [0.4, 0.5) is 0 Å². The van der Waals surface area contributed by atoms with Gasteiger partial charge in [-0.2, -0.15) is 0 Å². The van der Waals surface area contributed by atoms with E-state index in [0.717, 1.165) is 0 Å². The zero-order valence-electron chi connectivity index (χ0n) is 16.7. The minimum Gasteiger partial charge on any atom is -0.373 e. The summed E-state index contributed by atoms with van der Waals surface area (Å²) >= 11 is 0. The Morgan fingerprint density at radius 2 is 1.17 bits per heavy atom. The second-order valence-electron chi connectivity index (χ2n) is 6.17. The summed E-state index contributed by atoms with van der Waals surface area (Å²) in [6, 6.07) is 17.9. The fourth-order valence-electron chi connectivity index (χ4n) is 2.78. The van der Waals surface area contributed by atoms with Gasteiger partial charge in [0.25, 0.3) is 0 Å². The number of ketones is 2. The van der Waals surface area contributed by atoms with E-state index in [2.05, 4.69) is 20.8 Å². The highest BCUT2D eigenvalue weighted by Crippen LogP contribution is 2.12. The van der Waals surface area contributed by atoms with Crippen molar-refractivity contribution in [2.45, 2.75) is 0 Å². The van der Waals surface area contributed by atoms with Gasteiger partial charge in [0.2, 0.25) is 0 Å². The van der Waals surface area contributed by atoms with Crippen LogP contribution in [0.1, 0.15) is 20.7 Å². The molecule has 0 aliphatic carbocycles. The van der Waals surface area contributed by atoms with Gasteiger partial charge in [-0.25, -0.2) is 9.69 Å². The summed E-state index contributed by atoms with van der Waals surface area (Å²) in [5, 5.41) is 15.3. The summed E-state index contributed by atoms with van der Waals surface area (Å²) in [5.41, 5.74) is 1.09. The van der Waals surface area contributed by atoms with Gasteiger partial charge in [-0.05, 0) is 0 Å². The van der Waals surface area contributed by atoms with Crippen molar-refractivity contribution in [1.82, 2.24) is 25.5 Å². The Labute approximate surface area is 174 Å². The van der Waals surface area contributed by atoms with Crippen molar-refractivity contribution in [3.05, 3.63) is 108 Å². The molecule has 3 rings (SSSR count). The first kappa shape index (κ1) is 20.5. The average Bonchev–Trinajstić information content (AvgIpc) is 3.33. The van der Waals surface area contributed by atoms with E-state index >= 15 is 0 Å². The van der Waals surface area contributed by atoms with E-state index in [1.165, 1.54) is 24.8 Å². The van der Waals surface area contributed by atoms with Crippen LogP contribution in [-0.4, -0.2) is 40.5 Å². The molecule has 0 fully saturated rings. The van der Waals surface area contributed by atoms with Crippen LogP contribution in [0.3, 0.4) is 0 Å². The van der Waals surface area contributed by atoms with Gasteiger partial charge in [-0.1, -0.05) is 60.7 Å². The zero-order valence-corrected chi connectivity index (χ0v) is 16.7. The van der Waals surface area contributed by atoms with Crippen LogP contribution in [0.25, 0.3) is 0 Å². The van der Waals surface area contributed by atoms with Gasteiger partial charge >= 0.3 is 0 Å². The molecule has 0 aliphatic heterocycles. The van der Waals surface area contributed by atoms with Gasteiger partial charge in [-0.3, -0.25) is 9.59 Å². The quantitative estimate of drug-likeness (QED) is 0.418. The molecule has 2 aromatic carbocycles. The molecule has 0 bridgehead atoms. The Bertz CT molecular complexity index is 974. The Morgan fingerprint density at radius 1 is 0.767 bits per heavy atom. The molecule has 0 saturated heterocycles. The lowest BCUT2D eigenvalue weighted by Crippen LogP contribution is -2.42. The van der Waals surface area contributed by atoms with Crippen molar-refractivity contribution in [2.24, 2.45) is 0 Å². The molecule has 3 aromatic rings. The summed E-state index contributed by atoms with van der Waals surface area (Å²) in [6.07, 6.45) is 5.84. The monoisotopic (exact) mass is 402 g/mol. The van der Waals surface area contributed by atoms with E-state index in [1.807, 2.05) is 12.1 Å². The molecule has 8 nitrogen and oxygen atoms in total. The average molecular weight is 402 g/mol. The largest absolute Gasteiger partial charge is 0.373 e. The Balaban J connectivity index is 2.03. The first-order valence-corrected chi connectivity index (χ1v) is 9.26. The summed E-state index contributed by atoms with van der Waals surface area (Å²) in [7, 11) is 3.38. The summed E-state index contributed by atoms with van der Waals surface area (Å²) < 4.78 is 1.56. The van der Waals surface area contributed by atoms with Gasteiger partial charge in [-0.15, -0.1) is 10.2 Å². The summed E-state index contributed by atoms with van der Waals surface area (Å²) in [6.45, 7) is 0. The maximum Gasteiger partial charge on any atom is 0.189 e. The van der Waals surface area contributed by atoms with Gasteiger partial charge in [0.15, 0.2) is 11.6 Å². The predicted octanol–water partition coefficient (Wildman–Crippen LogP) is 2.10. The van der Waals surface area contributed by atoms with Crippen molar-refractivity contribution < 1.29 is 9.59 Å². The molecule has 152 valence electrons. The molecule has 0 amide bonds. The van der Waals surface area contributed by atoms with Crippen molar-refractivity contribution in [1.29, 1.82) is 0 Å². The van der Waals surface area contributed by atoms with E-state index in [-0.39, 0.29) is 11.6 Å². The third-order valence-corrected chi connectivity index (χ3v) is 4.26. The fraction of sp³-hybridized carbons (Fsp3) is 0.0909. The van der Waals surface area contributed by atoms with Crippen molar-refractivity contribution in [3.8, 4) is 0 Å². The molecule has 0 aliphatic rings. The fourth-order valence-corrected chi connectivity index (χ4v) is 2.78. The molecule has 1 heterocycles. The molecular formula is C22H22N6O2. The van der Waals surface area contributed by atoms with Crippen LogP contribution in [0, 0.1) is 0 Å². The minimum absolute atomic E-state index is 0.192. The van der Waals surface area contributed by atoms with Crippen LogP contribution in [0.5, 0.6) is 0 Å². The first-order valence-electron chi connectivity index (χ1n) is 9.26. The third-order valence-electron chi connectivity index (χ3n) is 4.26. The number of rotatable bonds is 9. The number of allylic oxidation sites excluding steroid dienone is 2. The maximum absolute atomic E-state index is 12.8. The SMILES string of the molecule is CN/C(=C\C(=O)c1ccccc1)N(/C(=C/C(=O)c1ccccc1)NC)n1cnnc1. The second-order valence-corrected chi connectivity index (χ2v) is 6.17. The lowest BCUT2D eigenvalue weighted by atomic mass is 10.1. The zero-order chi connectivity index (χ0) is 21.3. The van der Waals surface area contributed by atoms with Crippen LogP contribution in [-0.2, 0) is 0 Å². The summed E-state index contributed by atoms with van der Waals surface area (Å²) in [5.74, 6) is 0.459. The number of nitrogens with zero attached hydrogens (tertiary/aromatic N) is 4. The normalized spacial score (nSPS) is 11.7. The van der Waals surface area contributed by atoms with Gasteiger partial charge in [0, 0.05) is 37.4 Å². The lowest BCUT2D eigenvalue weighted by Gasteiger charge is -2.28. The van der Waals surface area contributed by atoms with Crippen molar-refractivity contribution >= 4 is 11.6 Å². The molecule has 0 radical (unpaired) electrons. The highest BCUT2D eigenvalue weighted by molar-refractivity contribution is 6.06. The Hall–Kier alpha value is -4.20. The number of benzene rings is 2. The predicted molar refractivity (Wildman–Crippen MR) is 114 cm³/mol. The van der Waals surface area contributed by atoms with Gasteiger partial charge < -0.3 is 10.6 Å². The van der Waals surface area contributed by atoms with E-state index in [9.17, 15) is 9.59 Å². The van der Waals surface area contributed by atoms with Crippen LogP contribution >= 0.6 is 0 Å². The molecule has 1 aromatic heterocycles. The van der Waals surface area contributed by atoms with E-state index < -0.39 is 0 Å². The minimum atomic E-state index is -0.192. The topological polar surface area (TPSA) is 92.2 Å². The second kappa shape index (κ2) is 9.83. The number of nitrogens with one attached hydrogen (secondary N) is 2. The number of hydrogen-bond acceptors (Lipinski definition) is 7. The molecule has 30 heavy (non-hydrogen) atoms. The molecule has 0 atom stereocenters. The summed E-state index contributed by atoms with van der Waals surface area (Å²) in [4.78, 5) is 25.5. The molecular weight excluding hydrogens is 380 g/mol. The third kappa shape index (κ3) is 4.79. The van der Waals surface area contributed by atoms with Gasteiger partial charge in [0.05, 0.1) is 0 Å². The number of carbonyl (C=O) groups is 2.